The van der Waals surface area contributed by atoms with Crippen LogP contribution >= 0.6 is 11.3 Å². The molecule has 4 nitrogen and oxygen atoms in total. The minimum atomic E-state index is -0.997. The zero-order chi connectivity index (χ0) is 12.3. The largest absolute Gasteiger partial charge is 0.389 e. The number of likely N-dealkylation sites (tertiary alicyclic amines) is 1. The summed E-state index contributed by atoms with van der Waals surface area (Å²) in [4.78, 5) is 3.37. The van der Waals surface area contributed by atoms with Crippen LogP contribution in [0.2, 0.25) is 0 Å². The molecule has 0 radical (unpaired) electrons. The highest BCUT2D eigenvalue weighted by Crippen LogP contribution is 2.14. The number of rotatable bonds is 4. The highest BCUT2D eigenvalue weighted by Gasteiger charge is 2.32. The van der Waals surface area contributed by atoms with E-state index in [1.165, 1.54) is 4.88 Å². The second-order valence-corrected chi connectivity index (χ2v) is 5.60. The summed E-state index contributed by atoms with van der Waals surface area (Å²) in [5.74, 6) is 0. The van der Waals surface area contributed by atoms with Crippen molar-refractivity contribution in [3.05, 3.63) is 22.4 Å². The average molecular weight is 257 g/mol. The summed E-state index contributed by atoms with van der Waals surface area (Å²) in [6.07, 6.45) is -0.622. The van der Waals surface area contributed by atoms with E-state index >= 15 is 0 Å². The van der Waals surface area contributed by atoms with E-state index in [2.05, 4.69) is 11.4 Å². The number of aliphatic hydroxyl groups is 3. The van der Waals surface area contributed by atoms with Gasteiger partial charge in [0.05, 0.1) is 12.2 Å². The van der Waals surface area contributed by atoms with E-state index in [0.29, 0.717) is 13.1 Å². The lowest BCUT2D eigenvalue weighted by molar-refractivity contribution is -0.109. The van der Waals surface area contributed by atoms with Gasteiger partial charge >= 0.3 is 0 Å². The van der Waals surface area contributed by atoms with E-state index < -0.39 is 18.3 Å². The minimum Gasteiger partial charge on any atom is -0.389 e. The van der Waals surface area contributed by atoms with Gasteiger partial charge in [0.1, 0.15) is 6.10 Å². The summed E-state index contributed by atoms with van der Waals surface area (Å²) >= 11 is 1.75. The van der Waals surface area contributed by atoms with Gasteiger partial charge in [0.15, 0.2) is 0 Å². The van der Waals surface area contributed by atoms with Gasteiger partial charge in [-0.3, -0.25) is 4.90 Å². The number of hydrogen-bond donors (Lipinski definition) is 3. The SMILES string of the molecule is OC1CN(CCCc2cccs2)CC(O)C1O. The van der Waals surface area contributed by atoms with Crippen molar-refractivity contribution in [3.63, 3.8) is 0 Å². The van der Waals surface area contributed by atoms with Crippen LogP contribution in [0.5, 0.6) is 0 Å². The molecule has 1 aromatic rings. The van der Waals surface area contributed by atoms with E-state index in [1.54, 1.807) is 11.3 Å². The third-order valence-electron chi connectivity index (χ3n) is 3.16. The summed E-state index contributed by atoms with van der Waals surface area (Å²) in [5, 5.41) is 30.6. The Morgan fingerprint density at radius 2 is 1.94 bits per heavy atom. The quantitative estimate of drug-likeness (QED) is 0.715. The van der Waals surface area contributed by atoms with E-state index in [0.717, 1.165) is 19.4 Å². The van der Waals surface area contributed by atoms with Gasteiger partial charge in [-0.15, -0.1) is 11.3 Å². The smallest absolute Gasteiger partial charge is 0.108 e. The Labute approximate surface area is 105 Å². The first kappa shape index (κ1) is 13.0. The third kappa shape index (κ3) is 3.50. The molecular formula is C12H19NO3S. The van der Waals surface area contributed by atoms with E-state index in [4.69, 9.17) is 0 Å². The summed E-state index contributed by atoms with van der Waals surface area (Å²) in [7, 11) is 0. The molecule has 96 valence electrons. The van der Waals surface area contributed by atoms with Crippen LogP contribution in [0.25, 0.3) is 0 Å². The second kappa shape index (κ2) is 5.93. The van der Waals surface area contributed by atoms with E-state index in [-0.39, 0.29) is 0 Å². The van der Waals surface area contributed by atoms with Crippen LogP contribution in [0.3, 0.4) is 0 Å². The number of β-amino-alcohol motifs (C(OH)–C–C–N with tert-alkyl or cyclic N) is 2. The number of aliphatic hydroxyl groups excluding tert-OH is 3. The molecule has 1 saturated heterocycles. The molecule has 1 aliphatic rings. The van der Waals surface area contributed by atoms with Gasteiger partial charge in [-0.05, 0) is 30.8 Å². The van der Waals surface area contributed by atoms with Gasteiger partial charge in [0.25, 0.3) is 0 Å². The van der Waals surface area contributed by atoms with Crippen LogP contribution in [-0.4, -0.2) is 58.2 Å². The molecule has 0 spiro atoms. The Morgan fingerprint density at radius 1 is 1.24 bits per heavy atom. The molecule has 2 heterocycles. The molecule has 17 heavy (non-hydrogen) atoms. The fraction of sp³-hybridized carbons (Fsp3) is 0.667. The summed E-state index contributed by atoms with van der Waals surface area (Å²) in [6, 6.07) is 4.17. The molecule has 0 saturated carbocycles. The van der Waals surface area contributed by atoms with Crippen molar-refractivity contribution in [2.45, 2.75) is 31.2 Å². The summed E-state index contributed by atoms with van der Waals surface area (Å²) < 4.78 is 0. The summed E-state index contributed by atoms with van der Waals surface area (Å²) in [6.45, 7) is 1.74. The second-order valence-electron chi connectivity index (χ2n) is 4.57. The fourth-order valence-electron chi connectivity index (χ4n) is 2.19. The lowest BCUT2D eigenvalue weighted by Gasteiger charge is -2.36. The molecule has 1 aliphatic heterocycles. The molecule has 3 N–H and O–H groups in total. The van der Waals surface area contributed by atoms with E-state index in [1.807, 2.05) is 11.0 Å². The minimum absolute atomic E-state index is 0.447. The molecular weight excluding hydrogens is 238 g/mol. The maximum Gasteiger partial charge on any atom is 0.108 e. The standard InChI is InChI=1S/C12H19NO3S/c14-10-7-13(8-11(15)12(10)16)5-1-3-9-4-2-6-17-9/h2,4,6,10-12,14-16H,1,3,5,7-8H2. The Balaban J connectivity index is 1.72. The Hall–Kier alpha value is -0.460. The zero-order valence-corrected chi connectivity index (χ0v) is 10.5. The van der Waals surface area contributed by atoms with Crippen LogP contribution in [-0.2, 0) is 6.42 Å². The maximum absolute atomic E-state index is 9.55. The zero-order valence-electron chi connectivity index (χ0n) is 9.70. The first-order valence-corrected chi connectivity index (χ1v) is 6.83. The molecule has 1 aromatic heterocycles. The summed E-state index contributed by atoms with van der Waals surface area (Å²) in [5.41, 5.74) is 0. The van der Waals surface area contributed by atoms with Crippen LogP contribution in [0.1, 0.15) is 11.3 Å². The maximum atomic E-state index is 9.55. The molecule has 0 aromatic carbocycles. The lowest BCUT2D eigenvalue weighted by atomic mass is 10.0. The Morgan fingerprint density at radius 3 is 2.53 bits per heavy atom. The van der Waals surface area contributed by atoms with Crippen molar-refractivity contribution in [2.75, 3.05) is 19.6 Å². The van der Waals surface area contributed by atoms with Crippen molar-refractivity contribution in [1.29, 1.82) is 0 Å². The fourth-order valence-corrected chi connectivity index (χ4v) is 2.94. The molecule has 0 bridgehead atoms. The monoisotopic (exact) mass is 257 g/mol. The highest BCUT2D eigenvalue weighted by atomic mass is 32.1. The number of piperidine rings is 1. The molecule has 0 amide bonds. The van der Waals surface area contributed by atoms with Gasteiger partial charge in [0.2, 0.25) is 0 Å². The first-order chi connectivity index (χ1) is 8.16. The van der Waals surface area contributed by atoms with Crippen molar-refractivity contribution >= 4 is 11.3 Å². The molecule has 1 fully saturated rings. The van der Waals surface area contributed by atoms with Crippen molar-refractivity contribution < 1.29 is 15.3 Å². The molecule has 2 rings (SSSR count). The highest BCUT2D eigenvalue weighted by molar-refractivity contribution is 7.09. The molecule has 0 aliphatic carbocycles. The van der Waals surface area contributed by atoms with Crippen LogP contribution in [0, 0.1) is 0 Å². The normalized spacial score (nSPS) is 30.6. The van der Waals surface area contributed by atoms with Gasteiger partial charge in [-0.25, -0.2) is 0 Å². The predicted octanol–water partition coefficient (Wildman–Crippen LogP) is 0.0790. The molecule has 2 unspecified atom stereocenters. The Kier molecular flexibility index (Phi) is 4.53. The molecule has 5 heteroatoms. The molecule has 2 atom stereocenters. The number of thiophene rings is 1. The van der Waals surface area contributed by atoms with Gasteiger partial charge < -0.3 is 15.3 Å². The van der Waals surface area contributed by atoms with Gasteiger partial charge in [-0.1, -0.05) is 6.07 Å². The number of hydrogen-bond acceptors (Lipinski definition) is 5. The van der Waals surface area contributed by atoms with E-state index in [9.17, 15) is 15.3 Å². The van der Waals surface area contributed by atoms with Crippen molar-refractivity contribution in [2.24, 2.45) is 0 Å². The van der Waals surface area contributed by atoms with Crippen LogP contribution in [0.4, 0.5) is 0 Å². The van der Waals surface area contributed by atoms with Crippen LogP contribution < -0.4 is 0 Å². The predicted molar refractivity (Wildman–Crippen MR) is 67.1 cm³/mol. The third-order valence-corrected chi connectivity index (χ3v) is 4.09. The van der Waals surface area contributed by atoms with Gasteiger partial charge in [0, 0.05) is 18.0 Å². The number of nitrogens with zero attached hydrogens (tertiary/aromatic N) is 1. The van der Waals surface area contributed by atoms with Gasteiger partial charge in [-0.2, -0.15) is 0 Å². The Bertz CT molecular complexity index is 319. The van der Waals surface area contributed by atoms with Crippen LogP contribution in [0.15, 0.2) is 17.5 Å². The number of aryl methyl sites for hydroxylation is 1. The first-order valence-electron chi connectivity index (χ1n) is 5.96. The van der Waals surface area contributed by atoms with Crippen molar-refractivity contribution in [1.82, 2.24) is 4.90 Å². The topological polar surface area (TPSA) is 63.9 Å². The lowest BCUT2D eigenvalue weighted by Crippen LogP contribution is -2.55. The average Bonchev–Trinajstić information content (AvgIpc) is 2.79. The van der Waals surface area contributed by atoms with Crippen molar-refractivity contribution in [3.8, 4) is 0 Å².